The van der Waals surface area contributed by atoms with Crippen molar-refractivity contribution < 1.29 is 0 Å². The van der Waals surface area contributed by atoms with E-state index in [0.717, 1.165) is 38.9 Å². The molecule has 1 heterocycles. The Morgan fingerprint density at radius 2 is 0.655 bits per heavy atom. The minimum atomic E-state index is 0.0255. The van der Waals surface area contributed by atoms with E-state index in [1.54, 1.807) is 0 Å². The van der Waals surface area contributed by atoms with E-state index >= 15 is 0 Å². The molecule has 9 aromatic rings. The fourth-order valence-corrected chi connectivity index (χ4v) is 7.81. The largest absolute Gasteiger partial charge is 0.208 e. The van der Waals surface area contributed by atoms with Crippen LogP contribution in [-0.2, 0) is 0 Å². The molecule has 0 saturated carbocycles. The highest BCUT2D eigenvalue weighted by molar-refractivity contribution is 5.81. The van der Waals surface area contributed by atoms with Gasteiger partial charge in [0.2, 0.25) is 0 Å². The van der Waals surface area contributed by atoms with Crippen molar-refractivity contribution in [1.82, 2.24) is 15.0 Å². The summed E-state index contributed by atoms with van der Waals surface area (Å²) >= 11 is 0. The Labute approximate surface area is 339 Å². The van der Waals surface area contributed by atoms with E-state index in [1.165, 1.54) is 22.3 Å². The van der Waals surface area contributed by atoms with Gasteiger partial charge in [-0.1, -0.05) is 188 Å². The van der Waals surface area contributed by atoms with Gasteiger partial charge < -0.3 is 0 Å². The molecule has 0 bridgehead atoms. The zero-order valence-corrected chi connectivity index (χ0v) is 31.7. The van der Waals surface area contributed by atoms with E-state index in [9.17, 15) is 5.26 Å². The lowest BCUT2D eigenvalue weighted by atomic mass is 9.73. The Hall–Kier alpha value is -7.74. The minimum absolute atomic E-state index is 0.0255. The molecule has 0 amide bonds. The molecule has 0 fully saturated rings. The minimum Gasteiger partial charge on any atom is -0.208 e. The van der Waals surface area contributed by atoms with Crippen molar-refractivity contribution in [2.45, 2.75) is 11.8 Å². The van der Waals surface area contributed by atoms with Gasteiger partial charge in [0.25, 0.3) is 0 Å². The van der Waals surface area contributed by atoms with Crippen molar-refractivity contribution >= 4 is 0 Å². The lowest BCUT2D eigenvalue weighted by Crippen LogP contribution is -2.14. The van der Waals surface area contributed by atoms with Crippen molar-refractivity contribution in [2.24, 2.45) is 0 Å². The molecule has 9 rings (SSSR count). The van der Waals surface area contributed by atoms with Gasteiger partial charge in [0.1, 0.15) is 0 Å². The van der Waals surface area contributed by atoms with E-state index in [-0.39, 0.29) is 11.8 Å². The predicted octanol–water partition coefficient (Wildman–Crippen LogP) is 13.0. The molecule has 0 aliphatic carbocycles. The summed E-state index contributed by atoms with van der Waals surface area (Å²) in [5.41, 5.74) is 12.4. The second-order valence-corrected chi connectivity index (χ2v) is 14.3. The van der Waals surface area contributed by atoms with Crippen molar-refractivity contribution in [3.05, 3.63) is 246 Å². The highest BCUT2D eigenvalue weighted by Gasteiger charge is 2.28. The number of rotatable bonds is 10. The van der Waals surface area contributed by atoms with Gasteiger partial charge in [-0.2, -0.15) is 5.26 Å². The smallest absolute Gasteiger partial charge is 0.164 e. The quantitative estimate of drug-likeness (QED) is 0.140. The summed E-state index contributed by atoms with van der Waals surface area (Å²) in [6, 6.07) is 78.1. The van der Waals surface area contributed by atoms with E-state index in [2.05, 4.69) is 140 Å². The molecular weight excluding hydrogens is 705 g/mol. The summed E-state index contributed by atoms with van der Waals surface area (Å²) in [6.07, 6.45) is 0. The third-order valence-corrected chi connectivity index (χ3v) is 10.6. The van der Waals surface area contributed by atoms with Crippen LogP contribution in [0.1, 0.15) is 39.7 Å². The summed E-state index contributed by atoms with van der Waals surface area (Å²) in [6.45, 7) is 0. The van der Waals surface area contributed by atoms with Gasteiger partial charge in [-0.25, -0.2) is 15.0 Å². The molecule has 0 aliphatic heterocycles. The first-order chi connectivity index (χ1) is 28.7. The predicted molar refractivity (Wildman–Crippen MR) is 235 cm³/mol. The molecule has 4 nitrogen and oxygen atoms in total. The lowest BCUT2D eigenvalue weighted by Gasteiger charge is -2.30. The number of benzene rings is 8. The molecule has 8 aromatic carbocycles. The average molecular weight is 743 g/mol. The zero-order valence-electron chi connectivity index (χ0n) is 31.7. The summed E-state index contributed by atoms with van der Waals surface area (Å²) in [5, 5.41) is 9.59. The van der Waals surface area contributed by atoms with Crippen LogP contribution >= 0.6 is 0 Å². The van der Waals surface area contributed by atoms with Crippen LogP contribution in [0.3, 0.4) is 0 Å². The molecule has 1 unspecified atom stereocenters. The Bertz CT molecular complexity index is 2720. The molecule has 0 radical (unpaired) electrons. The van der Waals surface area contributed by atoms with Crippen LogP contribution in [0.15, 0.2) is 218 Å². The second-order valence-electron chi connectivity index (χ2n) is 14.3. The number of hydrogen-bond acceptors (Lipinski definition) is 4. The Kier molecular flexibility index (Phi) is 10.3. The fourth-order valence-electron chi connectivity index (χ4n) is 7.81. The highest BCUT2D eigenvalue weighted by Crippen LogP contribution is 2.44. The first kappa shape index (κ1) is 35.9. The maximum absolute atomic E-state index is 9.59. The SMILES string of the molecule is N#Cc1ccc(-c2cc(-c3cccc(C(c4ccccc4)C(c4ccccc4)c4ccccc4)c3)cc(-c3nc(-c4ccccc4)nc(-c4ccccc4)n3)c2)cc1. The van der Waals surface area contributed by atoms with Crippen LogP contribution in [0.25, 0.3) is 56.4 Å². The van der Waals surface area contributed by atoms with Crippen molar-refractivity contribution in [2.75, 3.05) is 0 Å². The van der Waals surface area contributed by atoms with Gasteiger partial charge in [0.15, 0.2) is 17.5 Å². The molecule has 1 aromatic heterocycles. The maximum atomic E-state index is 9.59. The molecular formula is C54H38N4. The monoisotopic (exact) mass is 742 g/mol. The number of nitrogens with zero attached hydrogens (tertiary/aromatic N) is 4. The normalized spacial score (nSPS) is 11.5. The molecule has 4 heteroatoms. The lowest BCUT2D eigenvalue weighted by molar-refractivity contribution is 0.694. The van der Waals surface area contributed by atoms with Crippen LogP contribution < -0.4 is 0 Å². The molecule has 0 spiro atoms. The zero-order chi connectivity index (χ0) is 39.1. The van der Waals surface area contributed by atoms with Crippen LogP contribution in [0.2, 0.25) is 0 Å². The molecule has 1 atom stereocenters. The van der Waals surface area contributed by atoms with Gasteiger partial charge in [-0.3, -0.25) is 0 Å². The summed E-state index contributed by atoms with van der Waals surface area (Å²) < 4.78 is 0. The first-order valence-electron chi connectivity index (χ1n) is 19.5. The summed E-state index contributed by atoms with van der Waals surface area (Å²) in [7, 11) is 0. The molecule has 274 valence electrons. The van der Waals surface area contributed by atoms with Gasteiger partial charge in [0, 0.05) is 28.5 Å². The molecule has 58 heavy (non-hydrogen) atoms. The molecule has 0 aliphatic rings. The van der Waals surface area contributed by atoms with Crippen LogP contribution in [0, 0.1) is 11.3 Å². The Balaban J connectivity index is 1.24. The van der Waals surface area contributed by atoms with E-state index in [0.29, 0.717) is 23.0 Å². The van der Waals surface area contributed by atoms with Gasteiger partial charge >= 0.3 is 0 Å². The second kappa shape index (κ2) is 16.5. The van der Waals surface area contributed by atoms with Gasteiger partial charge in [-0.15, -0.1) is 0 Å². The van der Waals surface area contributed by atoms with Crippen molar-refractivity contribution in [3.8, 4) is 62.5 Å². The topological polar surface area (TPSA) is 62.5 Å². The number of aromatic nitrogens is 3. The molecule has 0 N–H and O–H groups in total. The fraction of sp³-hybridized carbons (Fsp3) is 0.0370. The Morgan fingerprint density at radius 1 is 0.293 bits per heavy atom. The highest BCUT2D eigenvalue weighted by atomic mass is 15.0. The number of hydrogen-bond donors (Lipinski definition) is 0. The van der Waals surface area contributed by atoms with Crippen molar-refractivity contribution in [1.29, 1.82) is 5.26 Å². The number of nitriles is 1. The third kappa shape index (κ3) is 7.71. The van der Waals surface area contributed by atoms with Crippen LogP contribution in [0.5, 0.6) is 0 Å². The average Bonchev–Trinajstić information content (AvgIpc) is 3.32. The summed E-state index contributed by atoms with van der Waals surface area (Å²) in [4.78, 5) is 15.2. The van der Waals surface area contributed by atoms with Crippen molar-refractivity contribution in [3.63, 3.8) is 0 Å². The van der Waals surface area contributed by atoms with E-state index in [1.807, 2.05) is 84.9 Å². The third-order valence-electron chi connectivity index (χ3n) is 10.6. The first-order valence-corrected chi connectivity index (χ1v) is 19.5. The van der Waals surface area contributed by atoms with Gasteiger partial charge in [-0.05, 0) is 74.8 Å². The van der Waals surface area contributed by atoms with E-state index in [4.69, 9.17) is 15.0 Å². The molecule has 0 saturated heterocycles. The van der Waals surface area contributed by atoms with Crippen LogP contribution in [-0.4, -0.2) is 15.0 Å². The Morgan fingerprint density at radius 3 is 1.12 bits per heavy atom. The standard InChI is InChI=1S/C54H38N4/c55-37-38-29-31-39(32-30-38)47-34-48(36-49(35-47)54-57-52(43-23-12-4-13-24-43)56-53(58-54)44-25-14-5-15-26-44)45-27-16-28-46(33-45)51(42-21-10-3-11-22-42)50(40-17-6-1-7-18-40)41-19-8-2-9-20-41/h1-36,50-51H. The van der Waals surface area contributed by atoms with E-state index < -0.39 is 0 Å². The maximum Gasteiger partial charge on any atom is 0.164 e. The van der Waals surface area contributed by atoms with Gasteiger partial charge in [0.05, 0.1) is 11.6 Å². The summed E-state index contributed by atoms with van der Waals surface area (Å²) in [5.74, 6) is 1.89. The van der Waals surface area contributed by atoms with Crippen LogP contribution in [0.4, 0.5) is 0 Å².